The summed E-state index contributed by atoms with van der Waals surface area (Å²) >= 11 is 3.39. The molecule has 1 aromatic heterocycles. The van der Waals surface area contributed by atoms with E-state index in [1.165, 1.54) is 22.8 Å². The monoisotopic (exact) mass is 459 g/mol. The number of hydrogen-bond acceptors (Lipinski definition) is 5. The number of aromatic nitrogens is 1. The Balaban J connectivity index is 1.60. The lowest BCUT2D eigenvalue weighted by molar-refractivity contribution is 0.485. The Morgan fingerprint density at radius 1 is 0.929 bits per heavy atom. The molecule has 6 nitrogen and oxygen atoms in total. The molecule has 0 unspecified atom stereocenters. The normalized spacial score (nSPS) is 11.6. The van der Waals surface area contributed by atoms with Gasteiger partial charge >= 0.3 is 15.9 Å². The summed E-state index contributed by atoms with van der Waals surface area (Å²) in [6.07, 6.45) is 0. The molecular weight excluding hydrogens is 446 g/mol. The Bertz CT molecular complexity index is 1320. The maximum Gasteiger partial charge on any atom is 0.419 e. The summed E-state index contributed by atoms with van der Waals surface area (Å²) in [5.74, 6) is -0.371. The molecule has 0 aliphatic carbocycles. The van der Waals surface area contributed by atoms with Gasteiger partial charge in [0.25, 0.3) is 0 Å². The molecule has 0 saturated heterocycles. The van der Waals surface area contributed by atoms with Gasteiger partial charge in [0.15, 0.2) is 5.58 Å². The highest BCUT2D eigenvalue weighted by Gasteiger charge is 2.19. The molecule has 0 aliphatic heterocycles. The Labute approximate surface area is 169 Å². The lowest BCUT2D eigenvalue weighted by atomic mass is 10.1. The van der Waals surface area contributed by atoms with Crippen molar-refractivity contribution >= 4 is 37.1 Å². The fourth-order valence-electron chi connectivity index (χ4n) is 2.79. The largest absolute Gasteiger partial charge is 0.419 e. The highest BCUT2D eigenvalue weighted by molar-refractivity contribution is 9.10. The van der Waals surface area contributed by atoms with Crippen LogP contribution < -0.4 is 9.94 Å². The molecule has 8 heteroatoms. The average molecular weight is 460 g/mol. The number of nitrogens with zero attached hydrogens (tertiary/aromatic N) is 1. The fourth-order valence-corrected chi connectivity index (χ4v) is 4.00. The van der Waals surface area contributed by atoms with E-state index >= 15 is 0 Å². The van der Waals surface area contributed by atoms with E-state index < -0.39 is 15.9 Å². The molecular formula is C20H14BrNO5S. The number of hydrogen-bond donors (Lipinski definition) is 0. The van der Waals surface area contributed by atoms with Crippen molar-refractivity contribution in [1.29, 1.82) is 0 Å². The molecule has 0 N–H and O–H groups in total. The van der Waals surface area contributed by atoms with E-state index in [0.717, 1.165) is 15.6 Å². The number of fused-ring (bicyclic) bond motifs is 1. The van der Waals surface area contributed by atoms with Crippen molar-refractivity contribution in [3.05, 3.63) is 81.8 Å². The quantitative estimate of drug-likeness (QED) is 0.424. The summed E-state index contributed by atoms with van der Waals surface area (Å²) in [7, 11) is -2.52. The Morgan fingerprint density at radius 3 is 2.18 bits per heavy atom. The number of oxazole rings is 1. The van der Waals surface area contributed by atoms with Crippen molar-refractivity contribution < 1.29 is 17.0 Å². The molecule has 0 spiro atoms. The van der Waals surface area contributed by atoms with E-state index in [9.17, 15) is 13.2 Å². The van der Waals surface area contributed by atoms with E-state index in [2.05, 4.69) is 15.9 Å². The molecule has 142 valence electrons. The van der Waals surface area contributed by atoms with Gasteiger partial charge in [-0.1, -0.05) is 40.2 Å². The predicted molar refractivity (Wildman–Crippen MR) is 109 cm³/mol. The molecule has 0 bridgehead atoms. The third kappa shape index (κ3) is 3.48. The van der Waals surface area contributed by atoms with Crippen molar-refractivity contribution in [1.82, 2.24) is 4.57 Å². The topological polar surface area (TPSA) is 78.5 Å². The highest BCUT2D eigenvalue weighted by Crippen LogP contribution is 2.26. The smallest absolute Gasteiger partial charge is 0.408 e. The Kier molecular flexibility index (Phi) is 4.60. The molecule has 0 fully saturated rings. The molecule has 0 amide bonds. The average Bonchev–Trinajstić information content (AvgIpc) is 2.96. The molecule has 0 aliphatic rings. The van der Waals surface area contributed by atoms with Crippen LogP contribution in [0.3, 0.4) is 0 Å². The van der Waals surface area contributed by atoms with Crippen LogP contribution in [0.2, 0.25) is 0 Å². The first kappa shape index (κ1) is 18.5. The second-order valence-electron chi connectivity index (χ2n) is 6.13. The van der Waals surface area contributed by atoms with E-state index in [-0.39, 0.29) is 16.2 Å². The van der Waals surface area contributed by atoms with Crippen molar-refractivity contribution in [2.45, 2.75) is 4.90 Å². The third-order valence-corrected chi connectivity index (χ3v) is 6.06. The fraction of sp³-hybridized carbons (Fsp3) is 0.0500. The zero-order chi connectivity index (χ0) is 19.9. The summed E-state index contributed by atoms with van der Waals surface area (Å²) < 4.78 is 37.7. The van der Waals surface area contributed by atoms with E-state index in [1.807, 2.05) is 24.3 Å². The summed E-state index contributed by atoms with van der Waals surface area (Å²) in [5, 5.41) is 0. The number of halogens is 1. The standard InChI is InChI=1S/C20H14BrNO5S/c1-22-18-11-10-17(12-19(18)26-20(22)23)28(24,25)27-16-8-4-14(5-9-16)13-2-6-15(21)7-3-13/h2-12H,1H3. The van der Waals surface area contributed by atoms with Crippen LogP contribution in [-0.2, 0) is 17.2 Å². The van der Waals surface area contributed by atoms with Gasteiger partial charge in [0.2, 0.25) is 0 Å². The van der Waals surface area contributed by atoms with Crippen LogP contribution in [0.15, 0.2) is 85.3 Å². The number of benzene rings is 3. The summed E-state index contributed by atoms with van der Waals surface area (Å²) in [5.41, 5.74) is 2.62. The highest BCUT2D eigenvalue weighted by atomic mass is 79.9. The molecule has 28 heavy (non-hydrogen) atoms. The van der Waals surface area contributed by atoms with Gasteiger partial charge in [-0.3, -0.25) is 4.57 Å². The van der Waals surface area contributed by atoms with E-state index in [0.29, 0.717) is 5.52 Å². The first-order valence-corrected chi connectivity index (χ1v) is 10.4. The van der Waals surface area contributed by atoms with Crippen LogP contribution in [0.1, 0.15) is 0 Å². The zero-order valence-corrected chi connectivity index (χ0v) is 17.0. The minimum absolute atomic E-state index is 0.0914. The first-order chi connectivity index (χ1) is 13.3. The molecule has 0 saturated carbocycles. The maximum atomic E-state index is 12.6. The van der Waals surface area contributed by atoms with Crippen LogP contribution in [0, 0.1) is 0 Å². The number of aryl methyl sites for hydroxylation is 1. The summed E-state index contributed by atoms with van der Waals surface area (Å²) in [4.78, 5) is 11.5. The van der Waals surface area contributed by atoms with Crippen LogP contribution in [0.5, 0.6) is 5.75 Å². The van der Waals surface area contributed by atoms with E-state index in [1.54, 1.807) is 31.3 Å². The first-order valence-electron chi connectivity index (χ1n) is 8.23. The molecule has 4 rings (SSSR count). The SMILES string of the molecule is Cn1c(=O)oc2cc(S(=O)(=O)Oc3ccc(-c4ccc(Br)cc4)cc3)ccc21. The van der Waals surface area contributed by atoms with Gasteiger partial charge in [0.05, 0.1) is 5.52 Å². The van der Waals surface area contributed by atoms with Gasteiger partial charge in [-0.2, -0.15) is 8.42 Å². The molecule has 4 aromatic rings. The van der Waals surface area contributed by atoms with Gasteiger partial charge in [-0.15, -0.1) is 0 Å². The van der Waals surface area contributed by atoms with Crippen molar-refractivity contribution in [3.63, 3.8) is 0 Å². The van der Waals surface area contributed by atoms with Crippen molar-refractivity contribution in [2.75, 3.05) is 0 Å². The maximum absolute atomic E-state index is 12.6. The summed E-state index contributed by atoms with van der Waals surface area (Å²) in [6.45, 7) is 0. The van der Waals surface area contributed by atoms with Crippen LogP contribution in [0.4, 0.5) is 0 Å². The number of rotatable bonds is 4. The molecule has 1 heterocycles. The third-order valence-electron chi connectivity index (χ3n) is 4.29. The Hall–Kier alpha value is -2.84. The van der Waals surface area contributed by atoms with Gasteiger partial charge in [-0.25, -0.2) is 4.79 Å². The minimum Gasteiger partial charge on any atom is -0.408 e. The van der Waals surface area contributed by atoms with Crippen LogP contribution >= 0.6 is 15.9 Å². The zero-order valence-electron chi connectivity index (χ0n) is 14.6. The van der Waals surface area contributed by atoms with Crippen LogP contribution in [0.25, 0.3) is 22.2 Å². The second kappa shape index (κ2) is 6.96. The minimum atomic E-state index is -4.07. The summed E-state index contributed by atoms with van der Waals surface area (Å²) in [6, 6.07) is 18.7. The Morgan fingerprint density at radius 2 is 1.54 bits per heavy atom. The van der Waals surface area contributed by atoms with Crippen molar-refractivity contribution in [3.8, 4) is 16.9 Å². The van der Waals surface area contributed by atoms with Crippen molar-refractivity contribution in [2.24, 2.45) is 7.05 Å². The van der Waals surface area contributed by atoms with Gasteiger partial charge in [0, 0.05) is 17.6 Å². The second-order valence-corrected chi connectivity index (χ2v) is 8.59. The lowest BCUT2D eigenvalue weighted by Gasteiger charge is -2.08. The molecule has 3 aromatic carbocycles. The van der Waals surface area contributed by atoms with Gasteiger partial charge in [-0.05, 0) is 47.5 Å². The van der Waals surface area contributed by atoms with E-state index in [4.69, 9.17) is 8.60 Å². The predicted octanol–water partition coefficient (Wildman–Crippen LogP) is 4.33. The molecule has 0 radical (unpaired) electrons. The van der Waals surface area contributed by atoms with Gasteiger partial charge < -0.3 is 8.60 Å². The van der Waals surface area contributed by atoms with Gasteiger partial charge in [0.1, 0.15) is 10.6 Å². The molecule has 0 atom stereocenters. The lowest BCUT2D eigenvalue weighted by Crippen LogP contribution is -2.10. The van der Waals surface area contributed by atoms with Crippen LogP contribution in [-0.4, -0.2) is 13.0 Å².